The lowest BCUT2D eigenvalue weighted by Crippen LogP contribution is -1.94. The van der Waals surface area contributed by atoms with Gasteiger partial charge in [-0.25, -0.2) is 9.97 Å². The summed E-state index contributed by atoms with van der Waals surface area (Å²) in [5.41, 5.74) is 20.9. The lowest BCUT2D eigenvalue weighted by molar-refractivity contribution is 0.415. The van der Waals surface area contributed by atoms with E-state index in [1.807, 2.05) is 12.1 Å². The Morgan fingerprint density at radius 3 is 1.28 bits per heavy atom. The largest absolute Gasteiger partial charge is 0.497 e. The number of H-pyrrole nitrogens is 2. The lowest BCUT2D eigenvalue weighted by atomic mass is 9.92. The van der Waals surface area contributed by atoms with Gasteiger partial charge in [0.1, 0.15) is 5.75 Å². The van der Waals surface area contributed by atoms with Crippen LogP contribution in [0.5, 0.6) is 5.75 Å². The van der Waals surface area contributed by atoms with Gasteiger partial charge in [0, 0.05) is 44.3 Å². The van der Waals surface area contributed by atoms with Crippen molar-refractivity contribution in [2.45, 2.75) is 27.7 Å². The van der Waals surface area contributed by atoms with Crippen LogP contribution in [-0.4, -0.2) is 27.0 Å². The molecule has 5 nitrogen and oxygen atoms in total. The molecule has 2 N–H and O–H groups in total. The Balaban J connectivity index is 1.48. The van der Waals surface area contributed by atoms with Crippen LogP contribution in [0.3, 0.4) is 0 Å². The van der Waals surface area contributed by atoms with Crippen LogP contribution in [0.1, 0.15) is 45.0 Å². The molecule has 4 aromatic carbocycles. The first kappa shape index (κ1) is 33.1. The minimum Gasteiger partial charge on any atom is -0.497 e. The molecule has 0 saturated heterocycles. The highest BCUT2D eigenvalue weighted by Crippen LogP contribution is 2.40. The van der Waals surface area contributed by atoms with Crippen molar-refractivity contribution < 1.29 is 4.74 Å². The van der Waals surface area contributed by atoms with Crippen LogP contribution in [-0.2, 0) is 0 Å². The van der Waals surface area contributed by atoms with Gasteiger partial charge in [-0.1, -0.05) is 90.0 Å². The van der Waals surface area contributed by atoms with Crippen LogP contribution in [0.2, 0.25) is 0 Å². The Labute approximate surface area is 315 Å². The number of methoxy groups -OCH3 is 1. The van der Waals surface area contributed by atoms with E-state index in [1.54, 1.807) is 7.11 Å². The molecule has 0 aliphatic carbocycles. The summed E-state index contributed by atoms with van der Waals surface area (Å²) in [4.78, 5) is 18.6. The third kappa shape index (κ3) is 5.84. The van der Waals surface area contributed by atoms with Crippen LogP contribution in [0.15, 0.2) is 115 Å². The van der Waals surface area contributed by atoms with Crippen molar-refractivity contribution in [2.75, 3.05) is 7.11 Å². The number of hydrogen-bond donors (Lipinski definition) is 2. The molecule has 5 heteroatoms. The van der Waals surface area contributed by atoms with Crippen LogP contribution < -0.4 is 4.74 Å². The van der Waals surface area contributed by atoms with Gasteiger partial charge in [0.25, 0.3) is 0 Å². The normalized spacial score (nSPS) is 12.0. The topological polar surface area (TPSA) is 66.6 Å². The van der Waals surface area contributed by atoms with E-state index in [0.717, 1.165) is 89.5 Å². The van der Waals surface area contributed by atoms with Gasteiger partial charge in [0.15, 0.2) is 0 Å². The standard InChI is InChI=1S/C49H40N4O/c1-29-11-13-34(14-12-29)47-39-21-19-37(50-39)46(33-9-7-6-8-10-33)38-20-22-40(51-38)48(35-15-17-36(54-5)18-16-35)42-24-26-44(53-42)49(43-25-23-41(47)52-43)45-31(3)27-30(2)28-32(45)4/h6-28,50,53H,1-5H3. The third-order valence-electron chi connectivity index (χ3n) is 10.5. The fraction of sp³-hybridized carbons (Fsp3) is 0.102. The van der Waals surface area contributed by atoms with Gasteiger partial charge in [0.05, 0.1) is 29.9 Å². The second-order valence-electron chi connectivity index (χ2n) is 14.2. The Hall–Kier alpha value is -6.72. The van der Waals surface area contributed by atoms with Crippen molar-refractivity contribution in [1.29, 1.82) is 0 Å². The van der Waals surface area contributed by atoms with E-state index < -0.39 is 0 Å². The minimum atomic E-state index is 0.805. The summed E-state index contributed by atoms with van der Waals surface area (Å²) in [5.74, 6) is 0.805. The van der Waals surface area contributed by atoms with Crippen LogP contribution in [0, 0.1) is 27.7 Å². The SMILES string of the molecule is COc1ccc(-c2c3nc(c(-c4ccccc4)c4ccc([nH]4)c(-c4ccc(C)cc4)c4nc(c(-c5c(C)cc(C)cc5C)c5ccc2[nH]5)C=C4)C=C3)cc1. The van der Waals surface area contributed by atoms with Gasteiger partial charge in [-0.2, -0.15) is 0 Å². The number of nitrogens with zero attached hydrogens (tertiary/aromatic N) is 2. The number of fused-ring (bicyclic) bond motifs is 8. The Kier molecular flexibility index (Phi) is 8.20. The molecule has 3 aromatic heterocycles. The number of benzene rings is 4. The fourth-order valence-corrected chi connectivity index (χ4v) is 8.04. The molecule has 0 unspecified atom stereocenters. The number of nitrogens with one attached hydrogen (secondary N) is 2. The van der Waals surface area contributed by atoms with Gasteiger partial charge in [-0.05, 0) is 122 Å². The first-order valence-electron chi connectivity index (χ1n) is 18.4. The highest BCUT2D eigenvalue weighted by atomic mass is 16.5. The molecule has 2 aliphatic heterocycles. The average Bonchev–Trinajstić information content (AvgIpc) is 4.02. The second kappa shape index (κ2) is 13.4. The van der Waals surface area contributed by atoms with Gasteiger partial charge < -0.3 is 14.7 Å². The molecular formula is C49H40N4O. The summed E-state index contributed by atoms with van der Waals surface area (Å²) in [5, 5.41) is 0. The zero-order chi connectivity index (χ0) is 36.9. The highest BCUT2D eigenvalue weighted by Gasteiger charge is 2.20. The predicted octanol–water partition coefficient (Wildman–Crippen LogP) is 12.6. The number of hydrogen-bond acceptors (Lipinski definition) is 3. The lowest BCUT2D eigenvalue weighted by Gasteiger charge is -2.13. The van der Waals surface area contributed by atoms with E-state index in [-0.39, 0.29) is 0 Å². The predicted molar refractivity (Wildman–Crippen MR) is 226 cm³/mol. The number of aryl methyl sites for hydroxylation is 4. The quantitative estimate of drug-likeness (QED) is 0.188. The summed E-state index contributed by atoms with van der Waals surface area (Å²) in [6.45, 7) is 8.68. The van der Waals surface area contributed by atoms with E-state index in [2.05, 4.69) is 165 Å². The molecule has 7 aromatic rings. The summed E-state index contributed by atoms with van der Waals surface area (Å²) in [6.07, 6.45) is 8.59. The maximum absolute atomic E-state index is 5.55. The van der Waals surface area contributed by atoms with E-state index >= 15 is 0 Å². The molecular weight excluding hydrogens is 661 g/mol. The van der Waals surface area contributed by atoms with Gasteiger partial charge in [-0.15, -0.1) is 0 Å². The number of aromatic amines is 2. The molecule has 54 heavy (non-hydrogen) atoms. The maximum Gasteiger partial charge on any atom is 0.118 e. The van der Waals surface area contributed by atoms with Gasteiger partial charge in [-0.3, -0.25) is 0 Å². The number of ether oxygens (including phenoxy) is 1. The van der Waals surface area contributed by atoms with Crippen molar-refractivity contribution in [2.24, 2.45) is 0 Å². The first-order valence-corrected chi connectivity index (χ1v) is 18.4. The fourth-order valence-electron chi connectivity index (χ4n) is 8.04. The average molecular weight is 701 g/mol. The van der Waals surface area contributed by atoms with E-state index in [1.165, 1.54) is 27.8 Å². The molecule has 8 bridgehead atoms. The zero-order valence-corrected chi connectivity index (χ0v) is 31.1. The molecule has 9 rings (SSSR count). The monoisotopic (exact) mass is 700 g/mol. The smallest absolute Gasteiger partial charge is 0.118 e. The van der Waals surface area contributed by atoms with Crippen LogP contribution >= 0.6 is 0 Å². The number of aromatic nitrogens is 4. The Morgan fingerprint density at radius 2 is 0.815 bits per heavy atom. The minimum absolute atomic E-state index is 0.805. The van der Waals surface area contributed by atoms with Gasteiger partial charge >= 0.3 is 0 Å². The van der Waals surface area contributed by atoms with Crippen molar-refractivity contribution >= 4 is 46.4 Å². The van der Waals surface area contributed by atoms with Crippen molar-refractivity contribution in [3.8, 4) is 50.3 Å². The molecule has 0 atom stereocenters. The highest BCUT2D eigenvalue weighted by molar-refractivity contribution is 6.00. The maximum atomic E-state index is 5.55. The summed E-state index contributed by atoms with van der Waals surface area (Å²) in [7, 11) is 1.70. The Bertz CT molecular complexity index is 2790. The molecule has 0 spiro atoms. The van der Waals surface area contributed by atoms with E-state index in [0.29, 0.717) is 0 Å². The van der Waals surface area contributed by atoms with Crippen molar-refractivity contribution in [3.63, 3.8) is 0 Å². The zero-order valence-electron chi connectivity index (χ0n) is 31.1. The second-order valence-corrected chi connectivity index (χ2v) is 14.2. The molecule has 2 aliphatic rings. The van der Waals surface area contributed by atoms with Crippen LogP contribution in [0.4, 0.5) is 0 Å². The summed E-state index contributed by atoms with van der Waals surface area (Å²) in [6, 6.07) is 40.7. The number of rotatable bonds is 5. The molecule has 262 valence electrons. The first-order chi connectivity index (χ1) is 26.3. The summed E-state index contributed by atoms with van der Waals surface area (Å²) >= 11 is 0. The van der Waals surface area contributed by atoms with E-state index in [4.69, 9.17) is 14.7 Å². The molecule has 5 heterocycles. The van der Waals surface area contributed by atoms with Crippen molar-refractivity contribution in [3.05, 3.63) is 160 Å². The van der Waals surface area contributed by atoms with Crippen molar-refractivity contribution in [1.82, 2.24) is 19.9 Å². The van der Waals surface area contributed by atoms with Gasteiger partial charge in [0.2, 0.25) is 0 Å². The third-order valence-corrected chi connectivity index (χ3v) is 10.5. The Morgan fingerprint density at radius 1 is 0.407 bits per heavy atom. The summed E-state index contributed by atoms with van der Waals surface area (Å²) < 4.78 is 5.55. The molecule has 0 saturated carbocycles. The molecule has 0 amide bonds. The van der Waals surface area contributed by atoms with E-state index in [9.17, 15) is 0 Å². The molecule has 0 radical (unpaired) electrons. The molecule has 0 fully saturated rings. The van der Waals surface area contributed by atoms with Crippen LogP contribution in [0.25, 0.3) is 90.9 Å².